The molecule has 3 rings (SSSR count). The van der Waals surface area contributed by atoms with Crippen LogP contribution in [0.3, 0.4) is 0 Å². The van der Waals surface area contributed by atoms with E-state index in [1.165, 1.54) is 32.6 Å². The van der Waals surface area contributed by atoms with E-state index in [4.69, 9.17) is 9.47 Å². The van der Waals surface area contributed by atoms with Gasteiger partial charge in [0.15, 0.2) is 11.5 Å². The molecule has 0 aliphatic heterocycles. The van der Waals surface area contributed by atoms with Gasteiger partial charge in [-0.05, 0) is 43.7 Å². The SMILES string of the molecule is COc1cccc(C=NNc2ccc([N+](=O)[O-])cc2S(=O)(=O)Nc2ccc(C)cc2C)c1OC. The Balaban J connectivity index is 1.98. The molecule has 3 aromatic carbocycles. The van der Waals surface area contributed by atoms with Crippen molar-refractivity contribution in [3.63, 3.8) is 0 Å². The highest BCUT2D eigenvalue weighted by molar-refractivity contribution is 7.92. The van der Waals surface area contributed by atoms with Crippen molar-refractivity contribution in [2.45, 2.75) is 18.7 Å². The Morgan fingerprint density at radius 2 is 1.74 bits per heavy atom. The number of hydrogen-bond donors (Lipinski definition) is 2. The molecule has 0 bridgehead atoms. The van der Waals surface area contributed by atoms with Gasteiger partial charge in [-0.2, -0.15) is 5.10 Å². The van der Waals surface area contributed by atoms with E-state index < -0.39 is 14.9 Å². The standard InChI is InChI=1S/C23H24N4O6S/c1-15-8-10-19(16(2)12-15)26-34(30,31)22-13-18(27(28)29)9-11-20(22)25-24-14-17-6-5-7-21(32-3)23(17)33-4/h5-14,25-26H,1-4H3. The molecule has 0 saturated carbocycles. The zero-order chi connectivity index (χ0) is 24.9. The molecule has 0 heterocycles. The van der Waals surface area contributed by atoms with Crippen molar-refractivity contribution in [3.8, 4) is 11.5 Å². The lowest BCUT2D eigenvalue weighted by Crippen LogP contribution is -2.16. The van der Waals surface area contributed by atoms with Gasteiger partial charge >= 0.3 is 0 Å². The zero-order valence-corrected chi connectivity index (χ0v) is 19.8. The van der Waals surface area contributed by atoms with Gasteiger partial charge in [-0.25, -0.2) is 8.42 Å². The Bertz CT molecular complexity index is 1360. The van der Waals surface area contributed by atoms with Crippen molar-refractivity contribution < 1.29 is 22.8 Å². The third-order valence-electron chi connectivity index (χ3n) is 4.91. The van der Waals surface area contributed by atoms with Crippen LogP contribution in [0.15, 0.2) is 64.6 Å². The first-order valence-electron chi connectivity index (χ1n) is 10.0. The second kappa shape index (κ2) is 10.2. The predicted octanol–water partition coefficient (Wildman–Crippen LogP) is 4.48. The molecule has 11 heteroatoms. The lowest BCUT2D eigenvalue weighted by atomic mass is 10.1. The first-order valence-corrected chi connectivity index (χ1v) is 11.5. The van der Waals surface area contributed by atoms with E-state index in [-0.39, 0.29) is 16.3 Å². The monoisotopic (exact) mass is 484 g/mol. The third-order valence-corrected chi connectivity index (χ3v) is 6.32. The van der Waals surface area contributed by atoms with Crippen LogP contribution >= 0.6 is 0 Å². The van der Waals surface area contributed by atoms with E-state index in [2.05, 4.69) is 15.2 Å². The van der Waals surface area contributed by atoms with Crippen LogP contribution in [0.2, 0.25) is 0 Å². The van der Waals surface area contributed by atoms with Crippen LogP contribution in [0, 0.1) is 24.0 Å². The number of anilines is 2. The van der Waals surface area contributed by atoms with Gasteiger partial charge in [-0.1, -0.05) is 23.8 Å². The number of nitrogens with zero attached hydrogens (tertiary/aromatic N) is 2. The quantitative estimate of drug-likeness (QED) is 0.260. The molecule has 0 unspecified atom stereocenters. The Hall–Kier alpha value is -4.12. The Morgan fingerprint density at radius 3 is 2.38 bits per heavy atom. The van der Waals surface area contributed by atoms with E-state index in [1.807, 2.05) is 13.0 Å². The van der Waals surface area contributed by atoms with Crippen LogP contribution in [-0.2, 0) is 10.0 Å². The summed E-state index contributed by atoms with van der Waals surface area (Å²) in [6.45, 7) is 3.66. The number of aryl methyl sites for hydroxylation is 2. The zero-order valence-electron chi connectivity index (χ0n) is 19.0. The van der Waals surface area contributed by atoms with Crippen LogP contribution in [0.1, 0.15) is 16.7 Å². The highest BCUT2D eigenvalue weighted by Crippen LogP contribution is 2.31. The molecule has 10 nitrogen and oxygen atoms in total. The summed E-state index contributed by atoms with van der Waals surface area (Å²) in [5.41, 5.74) is 4.98. The van der Waals surface area contributed by atoms with E-state index in [0.717, 1.165) is 11.6 Å². The van der Waals surface area contributed by atoms with E-state index >= 15 is 0 Å². The number of hydrogen-bond acceptors (Lipinski definition) is 8. The number of non-ortho nitro benzene ring substituents is 1. The summed E-state index contributed by atoms with van der Waals surface area (Å²) in [5.74, 6) is 0.950. The van der Waals surface area contributed by atoms with Gasteiger partial charge in [0.05, 0.1) is 36.7 Å². The molecular weight excluding hydrogens is 460 g/mol. The molecule has 0 amide bonds. The topological polar surface area (TPSA) is 132 Å². The number of sulfonamides is 1. The number of nitro benzene ring substituents is 1. The summed E-state index contributed by atoms with van der Waals surface area (Å²) in [6, 6.07) is 13.9. The van der Waals surface area contributed by atoms with Gasteiger partial charge in [-0.3, -0.25) is 20.3 Å². The number of hydrazone groups is 1. The molecule has 0 aromatic heterocycles. The number of para-hydroxylation sites is 1. The van der Waals surface area contributed by atoms with E-state index in [9.17, 15) is 18.5 Å². The predicted molar refractivity (Wildman–Crippen MR) is 131 cm³/mol. The minimum absolute atomic E-state index is 0.0565. The van der Waals surface area contributed by atoms with Crippen molar-refractivity contribution in [2.24, 2.45) is 5.10 Å². The number of rotatable bonds is 9. The van der Waals surface area contributed by atoms with Crippen molar-refractivity contribution >= 4 is 33.3 Å². The smallest absolute Gasteiger partial charge is 0.270 e. The molecule has 0 aliphatic rings. The largest absolute Gasteiger partial charge is 0.493 e. The lowest BCUT2D eigenvalue weighted by molar-refractivity contribution is -0.385. The number of nitro groups is 1. The molecule has 0 saturated heterocycles. The molecule has 0 radical (unpaired) electrons. The number of benzene rings is 3. The van der Waals surface area contributed by atoms with Crippen LogP contribution in [0.4, 0.5) is 17.1 Å². The molecule has 0 atom stereocenters. The Morgan fingerprint density at radius 1 is 1.00 bits per heavy atom. The molecule has 34 heavy (non-hydrogen) atoms. The minimum atomic E-state index is -4.19. The summed E-state index contributed by atoms with van der Waals surface area (Å²) >= 11 is 0. The lowest BCUT2D eigenvalue weighted by Gasteiger charge is -2.14. The Labute approximate surface area is 197 Å². The fourth-order valence-corrected chi connectivity index (χ4v) is 4.56. The normalized spacial score (nSPS) is 11.3. The summed E-state index contributed by atoms with van der Waals surface area (Å²) in [7, 11) is -1.19. The minimum Gasteiger partial charge on any atom is -0.493 e. The molecule has 178 valence electrons. The molecular formula is C23H24N4O6S. The maximum Gasteiger partial charge on any atom is 0.270 e. The Kier molecular flexibility index (Phi) is 7.37. The molecule has 0 spiro atoms. The van der Waals surface area contributed by atoms with Crippen LogP contribution in [0.25, 0.3) is 0 Å². The number of nitrogens with one attached hydrogen (secondary N) is 2. The highest BCUT2D eigenvalue weighted by atomic mass is 32.2. The van der Waals surface area contributed by atoms with Crippen LogP contribution in [-0.4, -0.2) is 33.8 Å². The third kappa shape index (κ3) is 5.44. The van der Waals surface area contributed by atoms with Crippen molar-refractivity contribution in [3.05, 3.63) is 81.4 Å². The van der Waals surface area contributed by atoms with Gasteiger partial charge < -0.3 is 9.47 Å². The summed E-state index contributed by atoms with van der Waals surface area (Å²) in [6.07, 6.45) is 1.43. The number of methoxy groups -OCH3 is 2. The first-order chi connectivity index (χ1) is 16.2. The van der Waals surface area contributed by atoms with Crippen LogP contribution in [0.5, 0.6) is 11.5 Å². The van der Waals surface area contributed by atoms with Gasteiger partial charge in [0.1, 0.15) is 4.90 Å². The fraction of sp³-hybridized carbons (Fsp3) is 0.174. The maximum absolute atomic E-state index is 13.2. The van der Waals surface area contributed by atoms with Gasteiger partial charge in [0.2, 0.25) is 0 Å². The second-order valence-electron chi connectivity index (χ2n) is 7.31. The summed E-state index contributed by atoms with van der Waals surface area (Å²) in [5, 5.41) is 15.4. The van der Waals surface area contributed by atoms with Gasteiger partial charge in [0.25, 0.3) is 15.7 Å². The second-order valence-corrected chi connectivity index (χ2v) is 8.97. The van der Waals surface area contributed by atoms with Crippen molar-refractivity contribution in [2.75, 3.05) is 24.4 Å². The summed E-state index contributed by atoms with van der Waals surface area (Å²) in [4.78, 5) is 10.3. The molecule has 3 aromatic rings. The highest BCUT2D eigenvalue weighted by Gasteiger charge is 2.23. The fourth-order valence-electron chi connectivity index (χ4n) is 3.25. The van der Waals surface area contributed by atoms with Crippen molar-refractivity contribution in [1.29, 1.82) is 0 Å². The summed E-state index contributed by atoms with van der Waals surface area (Å²) < 4.78 is 39.5. The molecule has 0 fully saturated rings. The van der Waals surface area contributed by atoms with Gasteiger partial charge in [0, 0.05) is 17.7 Å². The number of ether oxygens (including phenoxy) is 2. The maximum atomic E-state index is 13.2. The first kappa shape index (κ1) is 24.5. The average molecular weight is 485 g/mol. The molecule has 0 aliphatic carbocycles. The van der Waals surface area contributed by atoms with E-state index in [1.54, 1.807) is 37.3 Å². The van der Waals surface area contributed by atoms with Crippen LogP contribution < -0.4 is 19.6 Å². The average Bonchev–Trinajstić information content (AvgIpc) is 2.80. The molecule has 2 N–H and O–H groups in total. The van der Waals surface area contributed by atoms with E-state index in [0.29, 0.717) is 28.3 Å². The van der Waals surface area contributed by atoms with Gasteiger partial charge in [-0.15, -0.1) is 0 Å². The van der Waals surface area contributed by atoms with Crippen molar-refractivity contribution in [1.82, 2.24) is 0 Å².